The van der Waals surface area contributed by atoms with Gasteiger partial charge in [0.25, 0.3) is 0 Å². The number of para-hydroxylation sites is 1. The molecule has 8 heteroatoms. The van der Waals surface area contributed by atoms with Crippen molar-refractivity contribution in [3.05, 3.63) is 70.4 Å². The van der Waals surface area contributed by atoms with E-state index in [1.54, 1.807) is 5.56 Å². The Balaban J connectivity index is 0.968. The standard InChI is InChI=1S/C40H46N4O4/c1-4-37-13-14-40-24(12-16-44(35(37)40)33-28(20-37)47-33)22-18-21(10-11-26(22)42-40)29-30-32(48-30)38(5-2)19-23(34(45)46-3)31-39(15-17-43(29)36(38)39)25-8-6-7-9-27(25)41-31/h6-11,18,24,28-30,32-33,35-36,41-42H,4-5,12-17,19-20H2,1-3H3. The molecule has 10 aliphatic rings. The molecule has 2 spiro atoms. The average molecular weight is 647 g/mol. The number of esters is 1. The predicted molar refractivity (Wildman–Crippen MR) is 181 cm³/mol. The number of carbonyl (C=O) groups excluding carboxylic acids is 1. The van der Waals surface area contributed by atoms with Gasteiger partial charge in [0, 0.05) is 53.6 Å². The van der Waals surface area contributed by atoms with Crippen LogP contribution < -0.4 is 10.6 Å². The third-order valence-electron chi connectivity index (χ3n) is 16.0. The van der Waals surface area contributed by atoms with Gasteiger partial charge in [-0.05, 0) is 85.6 Å². The van der Waals surface area contributed by atoms with Crippen LogP contribution in [0.15, 0.2) is 53.7 Å². The lowest BCUT2D eigenvalue weighted by molar-refractivity contribution is -0.137. The molecule has 0 bridgehead atoms. The molecule has 8 heterocycles. The molecule has 12 rings (SSSR count). The zero-order chi connectivity index (χ0) is 31.9. The molecular formula is C40H46N4O4. The van der Waals surface area contributed by atoms with Gasteiger partial charge in [0.15, 0.2) is 0 Å². The zero-order valence-corrected chi connectivity index (χ0v) is 28.3. The number of anilines is 2. The van der Waals surface area contributed by atoms with Crippen molar-refractivity contribution in [2.45, 2.75) is 125 Å². The molecule has 2 aromatic rings. The second-order valence-corrected chi connectivity index (χ2v) is 17.1. The molecule has 12 unspecified atom stereocenters. The summed E-state index contributed by atoms with van der Waals surface area (Å²) in [6.45, 7) is 6.87. The second kappa shape index (κ2) is 8.68. The van der Waals surface area contributed by atoms with Gasteiger partial charge >= 0.3 is 5.97 Å². The van der Waals surface area contributed by atoms with E-state index in [-0.39, 0.29) is 46.6 Å². The van der Waals surface area contributed by atoms with Crippen molar-refractivity contribution >= 4 is 17.3 Å². The summed E-state index contributed by atoms with van der Waals surface area (Å²) >= 11 is 0. The molecule has 8 nitrogen and oxygen atoms in total. The molecule has 6 saturated heterocycles. The summed E-state index contributed by atoms with van der Waals surface area (Å²) < 4.78 is 18.6. The van der Waals surface area contributed by atoms with Crippen molar-refractivity contribution in [1.29, 1.82) is 0 Å². The van der Waals surface area contributed by atoms with Gasteiger partial charge in [-0.3, -0.25) is 9.80 Å². The van der Waals surface area contributed by atoms with Crippen molar-refractivity contribution in [3.63, 3.8) is 0 Å². The molecule has 0 radical (unpaired) electrons. The highest BCUT2D eigenvalue weighted by atomic mass is 16.6. The Morgan fingerprint density at radius 1 is 1.00 bits per heavy atom. The molecular weight excluding hydrogens is 600 g/mol. The fourth-order valence-corrected chi connectivity index (χ4v) is 14.2. The topological polar surface area (TPSA) is 81.9 Å². The number of epoxide rings is 2. The molecule has 2 N–H and O–H groups in total. The average Bonchev–Trinajstić information content (AvgIpc) is 3.94. The third kappa shape index (κ3) is 2.91. The largest absolute Gasteiger partial charge is 0.466 e. The molecule has 2 aliphatic carbocycles. The van der Waals surface area contributed by atoms with Crippen LogP contribution >= 0.6 is 0 Å². The number of methoxy groups -OCH3 is 1. The van der Waals surface area contributed by atoms with Crippen LogP contribution in [0.5, 0.6) is 0 Å². The summed E-state index contributed by atoms with van der Waals surface area (Å²) in [5.74, 6) is 0.342. The fourth-order valence-electron chi connectivity index (χ4n) is 14.2. The second-order valence-electron chi connectivity index (χ2n) is 17.1. The number of rotatable bonds is 4. The number of nitrogens with zero attached hydrogens (tertiary/aromatic N) is 2. The minimum Gasteiger partial charge on any atom is -0.466 e. The van der Waals surface area contributed by atoms with Crippen molar-refractivity contribution in [1.82, 2.24) is 9.80 Å². The number of hydrogen-bond donors (Lipinski definition) is 2. The number of carbonyl (C=O) groups is 1. The molecule has 0 aromatic heterocycles. The van der Waals surface area contributed by atoms with E-state index in [4.69, 9.17) is 14.2 Å². The van der Waals surface area contributed by atoms with E-state index in [0.717, 1.165) is 42.9 Å². The minimum absolute atomic E-state index is 0.110. The number of benzene rings is 2. The Morgan fingerprint density at radius 2 is 1.90 bits per heavy atom. The lowest BCUT2D eigenvalue weighted by atomic mass is 9.53. The molecule has 12 atom stereocenters. The van der Waals surface area contributed by atoms with E-state index < -0.39 is 0 Å². The lowest BCUT2D eigenvalue weighted by Crippen LogP contribution is -2.66. The molecule has 48 heavy (non-hydrogen) atoms. The van der Waals surface area contributed by atoms with Crippen LogP contribution in [0.25, 0.3) is 0 Å². The minimum atomic E-state index is -0.268. The number of nitrogens with one attached hydrogen (secondary N) is 2. The maximum atomic E-state index is 13.5. The van der Waals surface area contributed by atoms with Crippen LogP contribution in [-0.4, -0.2) is 78.1 Å². The summed E-state index contributed by atoms with van der Waals surface area (Å²) in [4.78, 5) is 19.1. The highest BCUT2D eigenvalue weighted by molar-refractivity contribution is 5.93. The van der Waals surface area contributed by atoms with Crippen LogP contribution in [0, 0.1) is 10.8 Å². The van der Waals surface area contributed by atoms with Crippen LogP contribution in [0.4, 0.5) is 11.4 Å². The molecule has 8 aliphatic heterocycles. The zero-order valence-electron chi connectivity index (χ0n) is 28.3. The smallest absolute Gasteiger partial charge is 0.335 e. The Morgan fingerprint density at radius 3 is 2.75 bits per heavy atom. The van der Waals surface area contributed by atoms with Gasteiger partial charge < -0.3 is 24.8 Å². The van der Waals surface area contributed by atoms with Crippen molar-refractivity contribution in [2.75, 3.05) is 30.8 Å². The van der Waals surface area contributed by atoms with E-state index in [2.05, 4.69) is 76.7 Å². The summed E-state index contributed by atoms with van der Waals surface area (Å²) in [6, 6.07) is 17.2. The maximum Gasteiger partial charge on any atom is 0.335 e. The number of hydrogen-bond acceptors (Lipinski definition) is 8. The van der Waals surface area contributed by atoms with E-state index in [0.29, 0.717) is 36.1 Å². The number of fused-ring (bicyclic) bond motifs is 7. The first-order valence-corrected chi connectivity index (χ1v) is 18.9. The highest BCUT2D eigenvalue weighted by Crippen LogP contribution is 2.72. The third-order valence-corrected chi connectivity index (χ3v) is 16.0. The van der Waals surface area contributed by atoms with Gasteiger partial charge in [0.1, 0.15) is 18.4 Å². The van der Waals surface area contributed by atoms with Crippen LogP contribution in [0.1, 0.15) is 93.9 Å². The van der Waals surface area contributed by atoms with Crippen LogP contribution in [0.2, 0.25) is 0 Å². The van der Waals surface area contributed by atoms with Crippen molar-refractivity contribution in [2.24, 2.45) is 10.8 Å². The first-order valence-electron chi connectivity index (χ1n) is 18.9. The monoisotopic (exact) mass is 646 g/mol. The van der Waals surface area contributed by atoms with Gasteiger partial charge in [-0.25, -0.2) is 4.79 Å². The van der Waals surface area contributed by atoms with E-state index in [1.807, 2.05) is 0 Å². The van der Waals surface area contributed by atoms with Gasteiger partial charge in [-0.2, -0.15) is 0 Å². The van der Waals surface area contributed by atoms with Gasteiger partial charge in [0.05, 0.1) is 35.8 Å². The Hall–Kier alpha value is -2.91. The highest BCUT2D eigenvalue weighted by Gasteiger charge is 2.77. The normalized spacial score (nSPS) is 47.7. The summed E-state index contributed by atoms with van der Waals surface area (Å²) in [5.41, 5.74) is 8.78. The van der Waals surface area contributed by atoms with E-state index in [1.165, 1.54) is 56.0 Å². The van der Waals surface area contributed by atoms with Gasteiger partial charge in [-0.15, -0.1) is 0 Å². The Kier molecular flexibility index (Phi) is 5.04. The Labute approximate surface area is 282 Å². The summed E-state index contributed by atoms with van der Waals surface area (Å²) in [7, 11) is 1.53. The molecule has 7 fully saturated rings. The molecule has 1 saturated carbocycles. The van der Waals surface area contributed by atoms with E-state index >= 15 is 0 Å². The maximum absolute atomic E-state index is 13.5. The van der Waals surface area contributed by atoms with Gasteiger partial charge in [-0.1, -0.05) is 44.2 Å². The molecule has 2 aromatic carbocycles. The van der Waals surface area contributed by atoms with E-state index in [9.17, 15) is 4.79 Å². The van der Waals surface area contributed by atoms with Crippen LogP contribution in [-0.2, 0) is 24.4 Å². The lowest BCUT2D eigenvalue weighted by Gasteiger charge is -2.56. The Bertz CT molecular complexity index is 1860. The summed E-state index contributed by atoms with van der Waals surface area (Å²) in [5, 5.41) is 8.03. The summed E-state index contributed by atoms with van der Waals surface area (Å²) in [6.07, 6.45) is 9.98. The molecule has 0 amide bonds. The van der Waals surface area contributed by atoms with Crippen molar-refractivity contribution < 1.29 is 19.0 Å². The predicted octanol–water partition coefficient (Wildman–Crippen LogP) is 5.81. The quantitative estimate of drug-likeness (QED) is 0.318. The first kappa shape index (κ1) is 27.9. The van der Waals surface area contributed by atoms with Crippen molar-refractivity contribution in [3.8, 4) is 0 Å². The number of ether oxygens (including phenoxy) is 3. The van der Waals surface area contributed by atoms with Gasteiger partial charge in [0.2, 0.25) is 0 Å². The molecule has 250 valence electrons. The number of piperidine rings is 3. The fraction of sp³-hybridized carbons (Fsp3) is 0.625. The first-order chi connectivity index (χ1) is 23.4. The van der Waals surface area contributed by atoms with Crippen LogP contribution in [0.3, 0.4) is 0 Å². The SMILES string of the molecule is CCC12CCC34Nc5ccc(C6C7OC7C7(CC)CC(C(=O)OC)=C8Nc9ccccc9C89CCN6C97)cc5C3CCN(C3OC3C1)C24.